The Bertz CT molecular complexity index is 582. The molecule has 2 atom stereocenters. The molecule has 0 spiro atoms. The summed E-state index contributed by atoms with van der Waals surface area (Å²) >= 11 is 0. The molecule has 0 fully saturated rings. The van der Waals surface area contributed by atoms with E-state index in [1.165, 1.54) is 11.1 Å². The second kappa shape index (κ2) is 9.62. The van der Waals surface area contributed by atoms with Gasteiger partial charge in [-0.2, -0.15) is 0 Å². The van der Waals surface area contributed by atoms with Gasteiger partial charge in [0, 0.05) is 19.1 Å². The molecule has 0 unspecified atom stereocenters. The Morgan fingerprint density at radius 2 is 2.00 bits per heavy atom. The fourth-order valence-electron chi connectivity index (χ4n) is 2.68. The smallest absolute Gasteiger partial charge is 0.129 e. The first-order chi connectivity index (χ1) is 11.6. The van der Waals surface area contributed by atoms with Crippen LogP contribution >= 0.6 is 0 Å². The summed E-state index contributed by atoms with van der Waals surface area (Å²) in [4.78, 5) is 2.32. The third-order valence-corrected chi connectivity index (χ3v) is 4.43. The molecule has 0 bridgehead atoms. The molecule has 24 heavy (non-hydrogen) atoms. The molecule has 0 amide bonds. The topological polar surface area (TPSA) is 45.8 Å². The van der Waals surface area contributed by atoms with Crippen LogP contribution in [0.5, 0.6) is 0 Å². The van der Waals surface area contributed by atoms with E-state index in [1.807, 2.05) is 12.1 Å². The van der Waals surface area contributed by atoms with Crippen LogP contribution in [0.1, 0.15) is 37.2 Å². The van der Waals surface area contributed by atoms with Gasteiger partial charge in [-0.25, -0.2) is 0 Å². The van der Waals surface area contributed by atoms with Crippen molar-refractivity contribution < 1.29 is 14.3 Å². The Balaban J connectivity index is 1.86. The van der Waals surface area contributed by atoms with Gasteiger partial charge in [0.1, 0.15) is 12.4 Å². The molecule has 2 rings (SSSR count). The van der Waals surface area contributed by atoms with Gasteiger partial charge in [-0.05, 0) is 43.5 Å². The molecule has 4 heteroatoms. The molecule has 0 aliphatic heterocycles. The number of aliphatic hydroxyl groups is 1. The van der Waals surface area contributed by atoms with Crippen molar-refractivity contribution >= 4 is 0 Å². The van der Waals surface area contributed by atoms with Gasteiger partial charge >= 0.3 is 0 Å². The molecule has 1 aromatic heterocycles. The minimum Gasteiger partial charge on any atom is -0.467 e. The highest BCUT2D eigenvalue weighted by Crippen LogP contribution is 2.15. The lowest BCUT2D eigenvalue weighted by atomic mass is 10.1. The van der Waals surface area contributed by atoms with Crippen LogP contribution in [-0.2, 0) is 17.9 Å². The Hall–Kier alpha value is -1.62. The molecule has 0 radical (unpaired) electrons. The lowest BCUT2D eigenvalue weighted by Gasteiger charge is -2.31. The number of nitrogens with zero attached hydrogens (tertiary/aromatic N) is 1. The minimum absolute atomic E-state index is 0.307. The highest BCUT2D eigenvalue weighted by molar-refractivity contribution is 5.25. The van der Waals surface area contributed by atoms with Crippen LogP contribution in [-0.4, -0.2) is 35.3 Å². The fraction of sp³-hybridized carbons (Fsp3) is 0.500. The fourth-order valence-corrected chi connectivity index (χ4v) is 2.68. The zero-order valence-corrected chi connectivity index (χ0v) is 14.9. The molecule has 1 heterocycles. The zero-order chi connectivity index (χ0) is 17.4. The number of aliphatic hydroxyl groups excluding tert-OH is 1. The molecule has 0 saturated heterocycles. The molecule has 1 N–H and O–H groups in total. The van der Waals surface area contributed by atoms with Crippen LogP contribution in [0.2, 0.25) is 0 Å². The van der Waals surface area contributed by atoms with E-state index in [2.05, 4.69) is 49.9 Å². The van der Waals surface area contributed by atoms with Gasteiger partial charge in [0.2, 0.25) is 0 Å². The third kappa shape index (κ3) is 5.78. The first-order valence-electron chi connectivity index (χ1n) is 8.67. The number of aryl methyl sites for hydroxylation is 1. The number of furan rings is 1. The second-order valence-electron chi connectivity index (χ2n) is 6.36. The average Bonchev–Trinajstić information content (AvgIpc) is 3.09. The van der Waals surface area contributed by atoms with Crippen LogP contribution in [0.4, 0.5) is 0 Å². The van der Waals surface area contributed by atoms with E-state index in [0.717, 1.165) is 18.7 Å². The van der Waals surface area contributed by atoms with Gasteiger partial charge in [-0.15, -0.1) is 0 Å². The van der Waals surface area contributed by atoms with Gasteiger partial charge in [-0.3, -0.25) is 4.90 Å². The highest BCUT2D eigenvalue weighted by Gasteiger charge is 2.18. The van der Waals surface area contributed by atoms with Crippen molar-refractivity contribution in [3.63, 3.8) is 0 Å². The Morgan fingerprint density at radius 1 is 1.21 bits per heavy atom. The van der Waals surface area contributed by atoms with Gasteiger partial charge in [0.25, 0.3) is 0 Å². The van der Waals surface area contributed by atoms with E-state index >= 15 is 0 Å². The van der Waals surface area contributed by atoms with Crippen molar-refractivity contribution in [3.05, 3.63) is 59.5 Å². The maximum atomic E-state index is 10.3. The van der Waals surface area contributed by atoms with E-state index in [-0.39, 0.29) is 0 Å². The van der Waals surface area contributed by atoms with E-state index < -0.39 is 6.10 Å². The SMILES string of the molecule is CC[C@H](C)N(Cc1ccccc1C)C[C@@H](O)COCc1ccco1. The zero-order valence-electron chi connectivity index (χ0n) is 14.9. The number of benzene rings is 1. The second-order valence-corrected chi connectivity index (χ2v) is 6.36. The van der Waals surface area contributed by atoms with Crippen molar-refractivity contribution in [2.24, 2.45) is 0 Å². The Labute approximate surface area is 145 Å². The molecule has 1 aromatic carbocycles. The normalized spacial score (nSPS) is 14.0. The summed E-state index contributed by atoms with van der Waals surface area (Å²) in [6, 6.07) is 12.5. The first kappa shape index (κ1) is 18.7. The summed E-state index contributed by atoms with van der Waals surface area (Å²) in [5.41, 5.74) is 2.59. The van der Waals surface area contributed by atoms with Crippen LogP contribution in [0.3, 0.4) is 0 Å². The summed E-state index contributed by atoms with van der Waals surface area (Å²) in [6.45, 7) is 8.65. The van der Waals surface area contributed by atoms with Gasteiger partial charge in [-0.1, -0.05) is 31.2 Å². The van der Waals surface area contributed by atoms with E-state index in [1.54, 1.807) is 6.26 Å². The maximum absolute atomic E-state index is 10.3. The Morgan fingerprint density at radius 3 is 2.67 bits per heavy atom. The van der Waals surface area contributed by atoms with Crippen molar-refractivity contribution in [3.8, 4) is 0 Å². The Kier molecular flexibility index (Phi) is 7.50. The average molecular weight is 331 g/mol. The van der Waals surface area contributed by atoms with E-state index in [9.17, 15) is 5.11 Å². The summed E-state index contributed by atoms with van der Waals surface area (Å²) in [5, 5.41) is 10.3. The monoisotopic (exact) mass is 331 g/mol. The van der Waals surface area contributed by atoms with Gasteiger partial charge < -0.3 is 14.3 Å². The molecule has 2 aromatic rings. The van der Waals surface area contributed by atoms with Crippen LogP contribution < -0.4 is 0 Å². The molecular weight excluding hydrogens is 302 g/mol. The molecule has 0 aliphatic carbocycles. The molecule has 4 nitrogen and oxygen atoms in total. The first-order valence-corrected chi connectivity index (χ1v) is 8.67. The molecule has 0 aliphatic rings. The van der Waals surface area contributed by atoms with Crippen molar-refractivity contribution in [1.82, 2.24) is 4.90 Å². The third-order valence-electron chi connectivity index (χ3n) is 4.43. The number of ether oxygens (including phenoxy) is 1. The number of hydrogen-bond acceptors (Lipinski definition) is 4. The quantitative estimate of drug-likeness (QED) is 0.720. The maximum Gasteiger partial charge on any atom is 0.129 e. The van der Waals surface area contributed by atoms with Gasteiger partial charge in [0.05, 0.1) is 19.0 Å². The number of rotatable bonds is 10. The summed E-state index contributed by atoms with van der Waals surface area (Å²) in [7, 11) is 0. The lowest BCUT2D eigenvalue weighted by molar-refractivity contribution is -0.00275. The van der Waals surface area contributed by atoms with Crippen LogP contribution in [0.25, 0.3) is 0 Å². The van der Waals surface area contributed by atoms with Crippen molar-refractivity contribution in [2.45, 2.75) is 52.5 Å². The molecule has 0 saturated carbocycles. The summed E-state index contributed by atoms with van der Waals surface area (Å²) in [5.74, 6) is 0.779. The van der Waals surface area contributed by atoms with Crippen LogP contribution in [0.15, 0.2) is 47.1 Å². The van der Waals surface area contributed by atoms with Crippen molar-refractivity contribution in [2.75, 3.05) is 13.2 Å². The largest absolute Gasteiger partial charge is 0.467 e. The summed E-state index contributed by atoms with van der Waals surface area (Å²) in [6.07, 6.45) is 2.16. The van der Waals surface area contributed by atoms with E-state index in [4.69, 9.17) is 9.15 Å². The van der Waals surface area contributed by atoms with Gasteiger partial charge in [0.15, 0.2) is 0 Å². The molecular formula is C20H29NO3. The number of hydrogen-bond donors (Lipinski definition) is 1. The minimum atomic E-state index is -0.516. The lowest BCUT2D eigenvalue weighted by Crippen LogP contribution is -2.40. The predicted molar refractivity (Wildman–Crippen MR) is 95.7 cm³/mol. The standard InChI is InChI=1S/C20H29NO3/c1-4-17(3)21(12-18-9-6-5-8-16(18)2)13-19(22)14-23-15-20-10-7-11-24-20/h5-11,17,19,22H,4,12-15H2,1-3H3/t17-,19+/m0/s1. The van der Waals surface area contributed by atoms with Crippen LogP contribution in [0, 0.1) is 6.92 Å². The summed E-state index contributed by atoms with van der Waals surface area (Å²) < 4.78 is 10.8. The molecule has 132 valence electrons. The highest BCUT2D eigenvalue weighted by atomic mass is 16.5. The van der Waals surface area contributed by atoms with E-state index in [0.29, 0.717) is 25.8 Å². The predicted octanol–water partition coefficient (Wildman–Crippen LogP) is 3.77. The van der Waals surface area contributed by atoms with Crippen molar-refractivity contribution in [1.29, 1.82) is 0 Å².